The van der Waals surface area contributed by atoms with Crippen LogP contribution in [0.25, 0.3) is 0 Å². The Bertz CT molecular complexity index is 516. The van der Waals surface area contributed by atoms with Gasteiger partial charge in [0.15, 0.2) is 0 Å². The third-order valence-corrected chi connectivity index (χ3v) is 5.04. The van der Waals surface area contributed by atoms with Gasteiger partial charge in [-0.3, -0.25) is 9.69 Å². The lowest BCUT2D eigenvalue weighted by Crippen LogP contribution is -2.56. The van der Waals surface area contributed by atoms with Crippen LogP contribution < -0.4 is 0 Å². The maximum atomic E-state index is 14.0. The van der Waals surface area contributed by atoms with E-state index in [9.17, 15) is 9.18 Å². The summed E-state index contributed by atoms with van der Waals surface area (Å²) in [6.07, 6.45) is 2.33. The van der Waals surface area contributed by atoms with E-state index in [1.54, 1.807) is 12.1 Å². The highest BCUT2D eigenvalue weighted by atomic mass is 79.9. The zero-order valence-corrected chi connectivity index (χ0v) is 13.1. The summed E-state index contributed by atoms with van der Waals surface area (Å²) in [7, 11) is 0. The van der Waals surface area contributed by atoms with Crippen LogP contribution in [0.1, 0.15) is 30.1 Å². The molecular weight excluding hydrogens is 323 g/mol. The number of amides is 1. The van der Waals surface area contributed by atoms with E-state index in [2.05, 4.69) is 20.8 Å². The van der Waals surface area contributed by atoms with Crippen LogP contribution in [0, 0.1) is 5.82 Å². The Morgan fingerprint density at radius 1 is 1.40 bits per heavy atom. The lowest BCUT2D eigenvalue weighted by atomic mass is 10.1. The van der Waals surface area contributed by atoms with Crippen molar-refractivity contribution in [3.63, 3.8) is 0 Å². The van der Waals surface area contributed by atoms with Crippen LogP contribution in [0.3, 0.4) is 0 Å². The lowest BCUT2D eigenvalue weighted by molar-refractivity contribution is 0.0390. The minimum absolute atomic E-state index is 0.128. The molecule has 0 aromatic heterocycles. The van der Waals surface area contributed by atoms with Gasteiger partial charge in [0.05, 0.1) is 5.56 Å². The Balaban J connectivity index is 1.86. The van der Waals surface area contributed by atoms with Crippen molar-refractivity contribution in [3.05, 3.63) is 34.1 Å². The summed E-state index contributed by atoms with van der Waals surface area (Å²) in [5.74, 6) is -0.653. The van der Waals surface area contributed by atoms with Crippen LogP contribution in [-0.4, -0.2) is 47.4 Å². The van der Waals surface area contributed by atoms with E-state index in [4.69, 9.17) is 0 Å². The van der Waals surface area contributed by atoms with E-state index >= 15 is 0 Å². The monoisotopic (exact) mass is 340 g/mol. The summed E-state index contributed by atoms with van der Waals surface area (Å²) in [6.45, 7) is 4.77. The van der Waals surface area contributed by atoms with Crippen molar-refractivity contribution in [3.8, 4) is 0 Å². The maximum Gasteiger partial charge on any atom is 0.258 e. The topological polar surface area (TPSA) is 23.6 Å². The van der Waals surface area contributed by atoms with Crippen LogP contribution >= 0.6 is 15.9 Å². The predicted octanol–water partition coefficient (Wildman–Crippen LogP) is 2.90. The normalized spacial score (nSPS) is 26.6. The van der Waals surface area contributed by atoms with Crippen LogP contribution in [0.4, 0.5) is 4.39 Å². The van der Waals surface area contributed by atoms with Crippen molar-refractivity contribution in [2.24, 2.45) is 0 Å². The molecule has 3 nitrogen and oxygen atoms in total. The van der Waals surface area contributed by atoms with Crippen molar-refractivity contribution in [2.75, 3.05) is 19.6 Å². The highest BCUT2D eigenvalue weighted by molar-refractivity contribution is 9.10. The van der Waals surface area contributed by atoms with E-state index in [0.29, 0.717) is 17.1 Å². The highest BCUT2D eigenvalue weighted by Crippen LogP contribution is 2.28. The van der Waals surface area contributed by atoms with Crippen molar-refractivity contribution >= 4 is 21.8 Å². The number of benzene rings is 1. The van der Waals surface area contributed by atoms with Crippen molar-refractivity contribution in [1.29, 1.82) is 0 Å². The summed E-state index contributed by atoms with van der Waals surface area (Å²) in [5, 5.41) is 0. The second kappa shape index (κ2) is 5.45. The molecular formula is C15H18BrFN2O. The molecule has 2 aliphatic heterocycles. The van der Waals surface area contributed by atoms with Crippen molar-refractivity contribution in [2.45, 2.75) is 31.8 Å². The van der Waals surface area contributed by atoms with Gasteiger partial charge in [-0.15, -0.1) is 0 Å². The van der Waals surface area contributed by atoms with Gasteiger partial charge in [-0.2, -0.15) is 0 Å². The standard InChI is InChI=1S/C15H18BrFN2O/c1-10-8-18-7-3-4-11(18)9-19(10)15(20)14-12(16)5-2-6-13(14)17/h2,5-6,10-11H,3-4,7-9H2,1H3. The first kappa shape index (κ1) is 14.0. The van der Waals surface area contributed by atoms with Gasteiger partial charge in [0, 0.05) is 29.6 Å². The second-order valence-corrected chi connectivity index (χ2v) is 6.55. The third kappa shape index (κ3) is 2.37. The molecule has 1 aromatic carbocycles. The molecule has 1 amide bonds. The van der Waals surface area contributed by atoms with Crippen LogP contribution in [0.5, 0.6) is 0 Å². The lowest BCUT2D eigenvalue weighted by Gasteiger charge is -2.42. The van der Waals surface area contributed by atoms with E-state index < -0.39 is 5.82 Å². The van der Waals surface area contributed by atoms with Gasteiger partial charge >= 0.3 is 0 Å². The number of hydrogen-bond donors (Lipinski definition) is 0. The molecule has 0 spiro atoms. The highest BCUT2D eigenvalue weighted by Gasteiger charge is 2.37. The Kier molecular flexibility index (Phi) is 3.82. The summed E-state index contributed by atoms with van der Waals surface area (Å²) in [6, 6.07) is 5.24. The van der Waals surface area contributed by atoms with Gasteiger partial charge in [0.1, 0.15) is 5.82 Å². The summed E-state index contributed by atoms with van der Waals surface area (Å²) in [4.78, 5) is 17.0. The molecule has 2 fully saturated rings. The van der Waals surface area contributed by atoms with E-state index in [1.165, 1.54) is 12.5 Å². The number of rotatable bonds is 1. The average Bonchev–Trinajstić information content (AvgIpc) is 2.84. The Labute approximate surface area is 126 Å². The van der Waals surface area contributed by atoms with E-state index in [0.717, 1.165) is 19.5 Å². The molecule has 5 heteroatoms. The van der Waals surface area contributed by atoms with Crippen molar-refractivity contribution in [1.82, 2.24) is 9.80 Å². The molecule has 20 heavy (non-hydrogen) atoms. The number of halogens is 2. The number of carbonyl (C=O) groups excluding carboxylic acids is 1. The SMILES string of the molecule is CC1CN2CCCC2CN1C(=O)c1c(F)cccc1Br. The summed E-state index contributed by atoms with van der Waals surface area (Å²) < 4.78 is 14.5. The molecule has 0 bridgehead atoms. The zero-order chi connectivity index (χ0) is 14.3. The molecule has 2 atom stereocenters. The number of fused-ring (bicyclic) bond motifs is 1. The van der Waals surface area contributed by atoms with Crippen molar-refractivity contribution < 1.29 is 9.18 Å². The molecule has 1 aromatic rings. The predicted molar refractivity (Wildman–Crippen MR) is 79.2 cm³/mol. The molecule has 0 radical (unpaired) electrons. The molecule has 2 saturated heterocycles. The molecule has 3 rings (SSSR count). The number of carbonyl (C=O) groups is 1. The Morgan fingerprint density at radius 3 is 2.95 bits per heavy atom. The molecule has 0 N–H and O–H groups in total. The quantitative estimate of drug-likeness (QED) is 0.784. The fourth-order valence-electron chi connectivity index (χ4n) is 3.32. The van der Waals surface area contributed by atoms with Crippen LogP contribution in [0.2, 0.25) is 0 Å². The summed E-state index contributed by atoms with van der Waals surface area (Å²) >= 11 is 3.29. The van der Waals surface area contributed by atoms with Gasteiger partial charge in [0.25, 0.3) is 5.91 Å². The van der Waals surface area contributed by atoms with Gasteiger partial charge in [-0.1, -0.05) is 6.07 Å². The summed E-state index contributed by atoms with van der Waals surface area (Å²) in [5.41, 5.74) is 0.158. The Morgan fingerprint density at radius 2 is 2.20 bits per heavy atom. The van der Waals surface area contributed by atoms with Crippen LogP contribution in [0.15, 0.2) is 22.7 Å². The Hall–Kier alpha value is -0.940. The first-order chi connectivity index (χ1) is 9.58. The van der Waals surface area contributed by atoms with Gasteiger partial charge in [0.2, 0.25) is 0 Å². The number of piperazine rings is 1. The van der Waals surface area contributed by atoms with Gasteiger partial charge in [-0.05, 0) is 54.4 Å². The zero-order valence-electron chi connectivity index (χ0n) is 11.5. The van der Waals surface area contributed by atoms with E-state index in [1.807, 2.05) is 11.8 Å². The maximum absolute atomic E-state index is 14.0. The van der Waals surface area contributed by atoms with Crippen LogP contribution in [-0.2, 0) is 0 Å². The molecule has 2 heterocycles. The molecule has 108 valence electrons. The number of nitrogens with zero attached hydrogens (tertiary/aromatic N) is 2. The third-order valence-electron chi connectivity index (χ3n) is 4.37. The van der Waals surface area contributed by atoms with Gasteiger partial charge in [-0.25, -0.2) is 4.39 Å². The van der Waals surface area contributed by atoms with E-state index in [-0.39, 0.29) is 17.5 Å². The minimum atomic E-state index is -0.453. The number of hydrogen-bond acceptors (Lipinski definition) is 2. The molecule has 2 unspecified atom stereocenters. The second-order valence-electron chi connectivity index (χ2n) is 5.69. The fourth-order valence-corrected chi connectivity index (χ4v) is 3.83. The first-order valence-corrected chi connectivity index (χ1v) is 7.86. The molecule has 2 aliphatic rings. The first-order valence-electron chi connectivity index (χ1n) is 7.07. The average molecular weight is 341 g/mol. The molecule has 0 saturated carbocycles. The smallest absolute Gasteiger partial charge is 0.258 e. The van der Waals surface area contributed by atoms with Gasteiger partial charge < -0.3 is 4.90 Å². The minimum Gasteiger partial charge on any atom is -0.333 e. The molecule has 0 aliphatic carbocycles. The fraction of sp³-hybridized carbons (Fsp3) is 0.533. The largest absolute Gasteiger partial charge is 0.333 e.